The average Bonchev–Trinajstić information content (AvgIpc) is 3.26. The van der Waals surface area contributed by atoms with E-state index >= 15 is 0 Å². The molecule has 0 fully saturated rings. The second-order valence-corrected chi connectivity index (χ2v) is 8.12. The molecule has 1 aliphatic rings. The molecule has 0 aliphatic carbocycles. The minimum absolute atomic E-state index is 0.183. The van der Waals surface area contributed by atoms with Gasteiger partial charge in [-0.2, -0.15) is 5.10 Å². The van der Waals surface area contributed by atoms with Gasteiger partial charge in [0.1, 0.15) is 12.4 Å². The Labute approximate surface area is 198 Å². The smallest absolute Gasteiger partial charge is 0.317 e. The molecule has 1 atom stereocenters. The number of hydrogen-bond acceptors (Lipinski definition) is 4. The maximum absolute atomic E-state index is 14.4. The van der Waals surface area contributed by atoms with E-state index in [0.717, 1.165) is 12.0 Å². The lowest BCUT2D eigenvalue weighted by atomic mass is 9.98. The molecule has 176 valence electrons. The summed E-state index contributed by atoms with van der Waals surface area (Å²) in [6.45, 7) is 2.81. The lowest BCUT2D eigenvalue weighted by molar-refractivity contribution is -0.133. The van der Waals surface area contributed by atoms with Crippen LogP contribution in [0.4, 0.5) is 9.18 Å². The van der Waals surface area contributed by atoms with Gasteiger partial charge in [-0.3, -0.25) is 4.79 Å². The Bertz CT molecular complexity index is 999. The van der Waals surface area contributed by atoms with E-state index in [-0.39, 0.29) is 31.6 Å². The van der Waals surface area contributed by atoms with Crippen LogP contribution in [0.15, 0.2) is 53.6 Å². The highest BCUT2D eigenvalue weighted by Crippen LogP contribution is 2.34. The summed E-state index contributed by atoms with van der Waals surface area (Å²) in [5.41, 5.74) is 1.64. The average molecular weight is 475 g/mol. The number of hydrazone groups is 1. The fourth-order valence-electron chi connectivity index (χ4n) is 3.58. The summed E-state index contributed by atoms with van der Waals surface area (Å²) in [5, 5.41) is 9.20. The zero-order chi connectivity index (χ0) is 23.8. The number of nitrogens with one attached hydrogen (secondary N) is 1. The number of carbonyl (C=O) groups is 2. The van der Waals surface area contributed by atoms with Crippen LogP contribution in [-0.4, -0.2) is 60.9 Å². The molecule has 1 heterocycles. The quantitative estimate of drug-likeness (QED) is 0.591. The van der Waals surface area contributed by atoms with Gasteiger partial charge < -0.3 is 15.0 Å². The summed E-state index contributed by atoms with van der Waals surface area (Å²) in [7, 11) is 1.53. The first-order chi connectivity index (χ1) is 15.9. The van der Waals surface area contributed by atoms with E-state index in [1.807, 2.05) is 19.1 Å². The molecular formula is C24H28ClFN4O3. The Morgan fingerprint density at radius 3 is 2.64 bits per heavy atom. The van der Waals surface area contributed by atoms with Crippen LogP contribution in [0.1, 0.15) is 36.9 Å². The van der Waals surface area contributed by atoms with Crippen LogP contribution >= 0.6 is 11.6 Å². The van der Waals surface area contributed by atoms with Gasteiger partial charge in [-0.05, 0) is 30.2 Å². The number of halogens is 2. The van der Waals surface area contributed by atoms with Gasteiger partial charge in [0.15, 0.2) is 0 Å². The lowest BCUT2D eigenvalue weighted by Gasteiger charge is -2.27. The highest BCUT2D eigenvalue weighted by Gasteiger charge is 2.35. The fourth-order valence-corrected chi connectivity index (χ4v) is 3.70. The second-order valence-electron chi connectivity index (χ2n) is 7.68. The largest absolute Gasteiger partial charge is 0.383 e. The first-order valence-corrected chi connectivity index (χ1v) is 11.2. The van der Waals surface area contributed by atoms with Crippen molar-refractivity contribution in [2.75, 3.05) is 33.4 Å². The minimum atomic E-state index is -0.438. The van der Waals surface area contributed by atoms with E-state index in [9.17, 15) is 14.0 Å². The predicted octanol–water partition coefficient (Wildman–Crippen LogP) is 4.22. The van der Waals surface area contributed by atoms with E-state index in [2.05, 4.69) is 10.4 Å². The Kier molecular flexibility index (Phi) is 8.79. The Morgan fingerprint density at radius 1 is 1.24 bits per heavy atom. The summed E-state index contributed by atoms with van der Waals surface area (Å²) in [4.78, 5) is 27.3. The zero-order valence-corrected chi connectivity index (χ0v) is 19.5. The van der Waals surface area contributed by atoms with Gasteiger partial charge in [-0.15, -0.1) is 0 Å². The van der Waals surface area contributed by atoms with E-state index in [1.54, 1.807) is 30.3 Å². The summed E-state index contributed by atoms with van der Waals surface area (Å²) < 4.78 is 19.5. The van der Waals surface area contributed by atoms with Gasteiger partial charge in [0.2, 0.25) is 0 Å². The van der Waals surface area contributed by atoms with Gasteiger partial charge in [-0.1, -0.05) is 48.9 Å². The standard InChI is InChI=1S/C24H28ClFN4O3/c1-3-12-27-24(32)29(13-14-33-2)16-23(31)30-22(17-8-10-18(25)11-9-17)15-21(28-30)19-6-4-5-7-20(19)26/h4-11,22H,3,12-16H2,1-2H3,(H,27,32)/t22-/m0/s1. The van der Waals surface area contributed by atoms with Crippen molar-refractivity contribution < 1.29 is 18.7 Å². The van der Waals surface area contributed by atoms with E-state index < -0.39 is 11.9 Å². The third-order valence-corrected chi connectivity index (χ3v) is 5.56. The van der Waals surface area contributed by atoms with Crippen LogP contribution in [0.5, 0.6) is 0 Å². The van der Waals surface area contributed by atoms with Crippen LogP contribution in [0.3, 0.4) is 0 Å². The molecule has 0 saturated heterocycles. The third-order valence-electron chi connectivity index (χ3n) is 5.31. The number of urea groups is 1. The van der Waals surface area contributed by atoms with Crippen LogP contribution in [0.25, 0.3) is 0 Å². The van der Waals surface area contributed by atoms with Gasteiger partial charge >= 0.3 is 6.03 Å². The molecular weight excluding hydrogens is 447 g/mol. The predicted molar refractivity (Wildman–Crippen MR) is 126 cm³/mol. The first kappa shape index (κ1) is 24.7. The normalized spacial score (nSPS) is 15.3. The second kappa shape index (κ2) is 11.8. The first-order valence-electron chi connectivity index (χ1n) is 10.9. The Hall–Kier alpha value is -2.97. The number of methoxy groups -OCH3 is 1. The maximum atomic E-state index is 14.4. The molecule has 0 saturated carbocycles. The molecule has 0 radical (unpaired) electrons. The van der Waals surface area contributed by atoms with Crippen molar-refractivity contribution in [3.8, 4) is 0 Å². The molecule has 3 rings (SSSR count). The minimum Gasteiger partial charge on any atom is -0.383 e. The number of ether oxygens (including phenoxy) is 1. The van der Waals surface area contributed by atoms with Crippen molar-refractivity contribution in [3.63, 3.8) is 0 Å². The Balaban J connectivity index is 1.88. The summed E-state index contributed by atoms with van der Waals surface area (Å²) in [6, 6.07) is 12.7. The fraction of sp³-hybridized carbons (Fsp3) is 0.375. The molecule has 0 unspecified atom stereocenters. The van der Waals surface area contributed by atoms with Crippen molar-refractivity contribution >= 4 is 29.3 Å². The number of carbonyl (C=O) groups excluding carboxylic acids is 2. The Morgan fingerprint density at radius 2 is 1.97 bits per heavy atom. The molecule has 1 aliphatic heterocycles. The van der Waals surface area contributed by atoms with E-state index in [0.29, 0.717) is 29.3 Å². The van der Waals surface area contributed by atoms with Crippen LogP contribution in [0.2, 0.25) is 5.02 Å². The number of benzene rings is 2. The summed E-state index contributed by atoms with van der Waals surface area (Å²) in [5.74, 6) is -0.773. The molecule has 2 aromatic rings. The van der Waals surface area contributed by atoms with Crippen LogP contribution in [-0.2, 0) is 9.53 Å². The number of nitrogens with zero attached hydrogens (tertiary/aromatic N) is 3. The highest BCUT2D eigenvalue weighted by molar-refractivity contribution is 6.30. The summed E-state index contributed by atoms with van der Waals surface area (Å²) >= 11 is 6.03. The molecule has 33 heavy (non-hydrogen) atoms. The maximum Gasteiger partial charge on any atom is 0.317 e. The van der Waals surface area contributed by atoms with Crippen molar-refractivity contribution in [2.24, 2.45) is 5.10 Å². The topological polar surface area (TPSA) is 74.2 Å². The molecule has 9 heteroatoms. The molecule has 0 aromatic heterocycles. The molecule has 0 spiro atoms. The summed E-state index contributed by atoms with van der Waals surface area (Å²) in [6.07, 6.45) is 1.12. The number of rotatable bonds is 9. The highest BCUT2D eigenvalue weighted by atomic mass is 35.5. The van der Waals surface area contributed by atoms with Crippen molar-refractivity contribution in [2.45, 2.75) is 25.8 Å². The number of amides is 3. The van der Waals surface area contributed by atoms with Gasteiger partial charge in [0, 0.05) is 37.2 Å². The third kappa shape index (κ3) is 6.30. The van der Waals surface area contributed by atoms with Gasteiger partial charge in [0.25, 0.3) is 5.91 Å². The monoisotopic (exact) mass is 474 g/mol. The number of hydrogen-bond donors (Lipinski definition) is 1. The van der Waals surface area contributed by atoms with Crippen molar-refractivity contribution in [1.29, 1.82) is 0 Å². The molecule has 3 amide bonds. The zero-order valence-electron chi connectivity index (χ0n) is 18.8. The van der Waals surface area contributed by atoms with Gasteiger partial charge in [0.05, 0.1) is 18.4 Å². The van der Waals surface area contributed by atoms with E-state index in [1.165, 1.54) is 23.1 Å². The molecule has 1 N–H and O–H groups in total. The molecule has 7 nitrogen and oxygen atoms in total. The van der Waals surface area contributed by atoms with Crippen molar-refractivity contribution in [1.82, 2.24) is 15.2 Å². The van der Waals surface area contributed by atoms with E-state index in [4.69, 9.17) is 16.3 Å². The SMILES string of the molecule is CCCNC(=O)N(CCOC)CC(=O)N1N=C(c2ccccc2F)C[C@H]1c1ccc(Cl)cc1. The van der Waals surface area contributed by atoms with Gasteiger partial charge in [-0.25, -0.2) is 14.2 Å². The van der Waals surface area contributed by atoms with Crippen LogP contribution in [0, 0.1) is 5.82 Å². The molecule has 0 bridgehead atoms. The van der Waals surface area contributed by atoms with Crippen molar-refractivity contribution in [3.05, 3.63) is 70.5 Å². The van der Waals surface area contributed by atoms with Crippen LogP contribution < -0.4 is 5.32 Å². The molecule has 2 aromatic carbocycles. The lowest BCUT2D eigenvalue weighted by Crippen LogP contribution is -2.47.